The summed E-state index contributed by atoms with van der Waals surface area (Å²) in [5.41, 5.74) is 0.951. The van der Waals surface area contributed by atoms with Crippen molar-refractivity contribution in [3.63, 3.8) is 0 Å². The number of benzene rings is 2. The van der Waals surface area contributed by atoms with E-state index in [1.165, 1.54) is 36.7 Å². The molecule has 158 valence electrons. The molecule has 2 aromatic carbocycles. The molecule has 0 radical (unpaired) electrons. The van der Waals surface area contributed by atoms with E-state index in [9.17, 15) is 22.0 Å². The number of hydrogen-bond acceptors (Lipinski definition) is 4. The molecule has 10 heteroatoms. The van der Waals surface area contributed by atoms with Crippen molar-refractivity contribution in [2.45, 2.75) is 24.4 Å². The van der Waals surface area contributed by atoms with Crippen LogP contribution >= 0.6 is 0 Å². The zero-order valence-electron chi connectivity index (χ0n) is 15.8. The molecule has 7 nitrogen and oxygen atoms in total. The van der Waals surface area contributed by atoms with E-state index in [1.54, 1.807) is 12.1 Å². The highest BCUT2D eigenvalue weighted by Crippen LogP contribution is 2.14. The highest BCUT2D eigenvalue weighted by molar-refractivity contribution is 7.89. The number of nitrogens with zero attached hydrogens (tertiary/aromatic N) is 2. The van der Waals surface area contributed by atoms with Gasteiger partial charge in [0.25, 0.3) is 5.91 Å². The van der Waals surface area contributed by atoms with Crippen LogP contribution in [-0.2, 0) is 23.0 Å². The third-order valence-electron chi connectivity index (χ3n) is 4.31. The summed E-state index contributed by atoms with van der Waals surface area (Å²) in [4.78, 5) is 16.1. The van der Waals surface area contributed by atoms with Gasteiger partial charge in [-0.3, -0.25) is 9.36 Å². The summed E-state index contributed by atoms with van der Waals surface area (Å²) >= 11 is 0. The molecule has 0 saturated heterocycles. The van der Waals surface area contributed by atoms with Crippen LogP contribution in [0.5, 0.6) is 0 Å². The number of alkyl halides is 2. The quantitative estimate of drug-likeness (QED) is 0.542. The number of imidazole rings is 1. The average molecular weight is 434 g/mol. The Balaban J connectivity index is 1.61. The molecule has 2 N–H and O–H groups in total. The predicted molar refractivity (Wildman–Crippen MR) is 106 cm³/mol. The maximum Gasteiger partial charge on any atom is 0.319 e. The summed E-state index contributed by atoms with van der Waals surface area (Å²) in [5, 5.41) is 2.59. The normalized spacial score (nSPS) is 11.6. The Morgan fingerprint density at radius 2 is 1.87 bits per heavy atom. The summed E-state index contributed by atoms with van der Waals surface area (Å²) in [6, 6.07) is 14.6. The van der Waals surface area contributed by atoms with Gasteiger partial charge < -0.3 is 5.32 Å². The summed E-state index contributed by atoms with van der Waals surface area (Å²) in [6.45, 7) is -2.51. The van der Waals surface area contributed by atoms with Crippen molar-refractivity contribution in [3.05, 3.63) is 83.9 Å². The molecule has 0 fully saturated rings. The molecular weight excluding hydrogens is 414 g/mol. The molecule has 1 heterocycles. The van der Waals surface area contributed by atoms with E-state index >= 15 is 0 Å². The summed E-state index contributed by atoms with van der Waals surface area (Å²) in [5.74, 6) is -0.364. The minimum Gasteiger partial charge on any atom is -0.352 e. The maximum absolute atomic E-state index is 12.8. The molecule has 0 bridgehead atoms. The van der Waals surface area contributed by atoms with Crippen LogP contribution in [0.15, 0.2) is 71.9 Å². The lowest BCUT2D eigenvalue weighted by molar-refractivity contribution is 0.0670. The van der Waals surface area contributed by atoms with E-state index in [0.717, 1.165) is 10.1 Å². The van der Waals surface area contributed by atoms with Gasteiger partial charge >= 0.3 is 6.55 Å². The van der Waals surface area contributed by atoms with Crippen LogP contribution in [0.25, 0.3) is 0 Å². The summed E-state index contributed by atoms with van der Waals surface area (Å²) < 4.78 is 53.9. The largest absolute Gasteiger partial charge is 0.352 e. The first-order chi connectivity index (χ1) is 14.4. The standard InChI is InChI=1S/C20H20F2N4O3S/c21-20(22)26-12-11-23-18(26)9-10-24-19(27)16-7-4-8-17(13-16)30(28,29)25-14-15-5-2-1-3-6-15/h1-8,11-13,20,25H,9-10,14H2,(H,24,27). The molecule has 3 rings (SSSR count). The van der Waals surface area contributed by atoms with Gasteiger partial charge in [-0.05, 0) is 23.8 Å². The monoisotopic (exact) mass is 434 g/mol. The molecule has 0 unspecified atom stereocenters. The van der Waals surface area contributed by atoms with E-state index in [0.29, 0.717) is 0 Å². The molecule has 0 atom stereocenters. The Hall–Kier alpha value is -3.11. The van der Waals surface area contributed by atoms with Crippen LogP contribution in [0.3, 0.4) is 0 Å². The average Bonchev–Trinajstić information content (AvgIpc) is 3.22. The molecule has 0 aliphatic carbocycles. The minimum absolute atomic E-state index is 0.0423. The topological polar surface area (TPSA) is 93.1 Å². The van der Waals surface area contributed by atoms with E-state index in [-0.39, 0.29) is 35.8 Å². The Labute approximate surface area is 172 Å². The van der Waals surface area contributed by atoms with Crippen LogP contribution in [0.1, 0.15) is 28.3 Å². The van der Waals surface area contributed by atoms with Gasteiger partial charge in [0.05, 0.1) is 4.90 Å². The van der Waals surface area contributed by atoms with Crippen LogP contribution in [0.2, 0.25) is 0 Å². The highest BCUT2D eigenvalue weighted by atomic mass is 32.2. The first-order valence-electron chi connectivity index (χ1n) is 9.08. The Morgan fingerprint density at radius 3 is 2.60 bits per heavy atom. The second-order valence-electron chi connectivity index (χ2n) is 6.37. The van der Waals surface area contributed by atoms with Gasteiger partial charge in [-0.2, -0.15) is 8.78 Å². The molecular formula is C20H20F2N4O3S. The van der Waals surface area contributed by atoms with E-state index in [4.69, 9.17) is 0 Å². The van der Waals surface area contributed by atoms with E-state index in [2.05, 4.69) is 15.0 Å². The SMILES string of the molecule is O=C(NCCc1nccn1C(F)F)c1cccc(S(=O)(=O)NCc2ccccc2)c1. The number of nitrogens with one attached hydrogen (secondary N) is 2. The molecule has 0 aliphatic rings. The molecule has 1 aromatic heterocycles. The second-order valence-corrected chi connectivity index (χ2v) is 8.14. The van der Waals surface area contributed by atoms with Crippen molar-refractivity contribution in [1.29, 1.82) is 0 Å². The fourth-order valence-electron chi connectivity index (χ4n) is 2.77. The zero-order chi connectivity index (χ0) is 21.6. The zero-order valence-corrected chi connectivity index (χ0v) is 16.6. The molecule has 30 heavy (non-hydrogen) atoms. The number of sulfonamides is 1. The lowest BCUT2D eigenvalue weighted by Crippen LogP contribution is -2.27. The summed E-state index contributed by atoms with van der Waals surface area (Å²) in [7, 11) is -3.81. The van der Waals surface area contributed by atoms with Gasteiger partial charge in [-0.15, -0.1) is 0 Å². The molecule has 0 aliphatic heterocycles. The van der Waals surface area contributed by atoms with E-state index < -0.39 is 22.5 Å². The van der Waals surface area contributed by atoms with Gasteiger partial charge in [0.2, 0.25) is 10.0 Å². The maximum atomic E-state index is 12.8. The third kappa shape index (κ3) is 5.49. The molecule has 0 saturated carbocycles. The van der Waals surface area contributed by atoms with Gasteiger partial charge in [-0.25, -0.2) is 18.1 Å². The lowest BCUT2D eigenvalue weighted by atomic mass is 10.2. The van der Waals surface area contributed by atoms with Gasteiger partial charge in [0.15, 0.2) is 0 Å². The number of rotatable bonds is 9. The Bertz CT molecular complexity index is 1100. The first-order valence-corrected chi connectivity index (χ1v) is 10.6. The fraction of sp³-hybridized carbons (Fsp3) is 0.200. The van der Waals surface area contributed by atoms with Crippen molar-refractivity contribution >= 4 is 15.9 Å². The van der Waals surface area contributed by atoms with Gasteiger partial charge in [0.1, 0.15) is 5.82 Å². The van der Waals surface area contributed by atoms with Crippen molar-refractivity contribution < 1.29 is 22.0 Å². The molecule has 3 aromatic rings. The van der Waals surface area contributed by atoms with Gasteiger partial charge in [0, 0.05) is 37.5 Å². The molecule has 0 spiro atoms. The van der Waals surface area contributed by atoms with E-state index in [1.807, 2.05) is 18.2 Å². The van der Waals surface area contributed by atoms with Crippen molar-refractivity contribution in [2.75, 3.05) is 6.54 Å². The summed E-state index contributed by atoms with van der Waals surface area (Å²) in [6.07, 6.45) is 2.54. The Kier molecular flexibility index (Phi) is 6.91. The van der Waals surface area contributed by atoms with Crippen molar-refractivity contribution in [1.82, 2.24) is 19.6 Å². The smallest absolute Gasteiger partial charge is 0.319 e. The lowest BCUT2D eigenvalue weighted by Gasteiger charge is -2.10. The second kappa shape index (κ2) is 9.59. The highest BCUT2D eigenvalue weighted by Gasteiger charge is 2.16. The number of halogens is 2. The predicted octanol–water partition coefficient (Wildman–Crippen LogP) is 2.73. The van der Waals surface area contributed by atoms with Crippen LogP contribution < -0.4 is 10.0 Å². The van der Waals surface area contributed by atoms with Crippen LogP contribution in [0.4, 0.5) is 8.78 Å². The van der Waals surface area contributed by atoms with Crippen molar-refractivity contribution in [2.24, 2.45) is 0 Å². The van der Waals surface area contributed by atoms with Gasteiger partial charge in [-0.1, -0.05) is 36.4 Å². The third-order valence-corrected chi connectivity index (χ3v) is 5.71. The van der Waals surface area contributed by atoms with Crippen molar-refractivity contribution in [3.8, 4) is 0 Å². The van der Waals surface area contributed by atoms with Crippen LogP contribution in [0, 0.1) is 0 Å². The number of carbonyl (C=O) groups is 1. The number of carbonyl (C=O) groups excluding carboxylic acids is 1. The minimum atomic E-state index is -3.81. The number of aromatic nitrogens is 2. The Morgan fingerprint density at radius 1 is 1.10 bits per heavy atom. The number of amides is 1. The molecule has 1 amide bonds. The first kappa shape index (κ1) is 21.6. The fourth-order valence-corrected chi connectivity index (χ4v) is 3.83. The van der Waals surface area contributed by atoms with Crippen LogP contribution in [-0.4, -0.2) is 30.4 Å². The number of hydrogen-bond donors (Lipinski definition) is 2.